The van der Waals surface area contributed by atoms with Gasteiger partial charge in [0.2, 0.25) is 5.16 Å². The van der Waals surface area contributed by atoms with Crippen LogP contribution < -0.4 is 10.6 Å². The largest absolute Gasteiger partial charge is 0.465 e. The van der Waals surface area contributed by atoms with E-state index < -0.39 is 18.3 Å². The van der Waals surface area contributed by atoms with E-state index in [0.29, 0.717) is 23.9 Å². The summed E-state index contributed by atoms with van der Waals surface area (Å²) < 4.78 is 19.4. The summed E-state index contributed by atoms with van der Waals surface area (Å²) in [6.45, 7) is 2.08. The number of aliphatic hydroxyl groups is 1. The monoisotopic (exact) mass is 632 g/mol. The SMILES string of the molecule is CCOC(=O)CNC(=O)NCc1cccc(-c2ccc(C3OC(CSc4nnnn4C)CC(c4ccc(CO)cc4)O3)cc2)c1. The number of aromatic nitrogens is 4. The second kappa shape index (κ2) is 15.6. The van der Waals surface area contributed by atoms with Crippen molar-refractivity contribution in [2.45, 2.75) is 50.2 Å². The van der Waals surface area contributed by atoms with Crippen LogP contribution in [0.2, 0.25) is 0 Å². The van der Waals surface area contributed by atoms with Gasteiger partial charge in [0, 0.05) is 31.3 Å². The number of urea groups is 1. The second-order valence-corrected chi connectivity index (χ2v) is 11.4. The highest BCUT2D eigenvalue weighted by Gasteiger charge is 2.32. The lowest BCUT2D eigenvalue weighted by Crippen LogP contribution is -2.38. The molecular formula is C32H36N6O6S. The molecule has 3 unspecified atom stereocenters. The van der Waals surface area contributed by atoms with Gasteiger partial charge in [-0.25, -0.2) is 9.48 Å². The van der Waals surface area contributed by atoms with Crippen molar-refractivity contribution in [2.75, 3.05) is 18.9 Å². The van der Waals surface area contributed by atoms with E-state index in [1.54, 1.807) is 18.7 Å². The predicted molar refractivity (Wildman–Crippen MR) is 167 cm³/mol. The van der Waals surface area contributed by atoms with Crippen LogP contribution in [-0.2, 0) is 39.2 Å². The van der Waals surface area contributed by atoms with Crippen LogP contribution >= 0.6 is 11.8 Å². The number of hydrogen-bond donors (Lipinski definition) is 3. The molecule has 0 aliphatic carbocycles. The van der Waals surface area contributed by atoms with Crippen LogP contribution in [0.1, 0.15) is 48.0 Å². The molecule has 0 radical (unpaired) electrons. The highest BCUT2D eigenvalue weighted by atomic mass is 32.2. The number of rotatable bonds is 12. The number of ether oxygens (including phenoxy) is 3. The summed E-state index contributed by atoms with van der Waals surface area (Å²) in [5, 5.41) is 27.1. The molecule has 2 heterocycles. The van der Waals surface area contributed by atoms with Gasteiger partial charge in [-0.1, -0.05) is 78.5 Å². The number of nitrogens with one attached hydrogen (secondary N) is 2. The number of benzene rings is 3. The normalized spacial score (nSPS) is 17.9. The fourth-order valence-electron chi connectivity index (χ4n) is 4.84. The number of esters is 1. The van der Waals surface area contributed by atoms with Crippen molar-refractivity contribution in [2.24, 2.45) is 7.05 Å². The third kappa shape index (κ3) is 8.88. The zero-order valence-electron chi connectivity index (χ0n) is 25.1. The smallest absolute Gasteiger partial charge is 0.325 e. The van der Waals surface area contributed by atoms with E-state index >= 15 is 0 Å². The number of carbonyl (C=O) groups is 2. The molecule has 5 rings (SSSR count). The molecule has 1 aliphatic rings. The molecule has 12 nitrogen and oxygen atoms in total. The van der Waals surface area contributed by atoms with Gasteiger partial charge in [-0.15, -0.1) is 5.10 Å². The molecule has 3 aromatic carbocycles. The maximum atomic E-state index is 12.1. The van der Waals surface area contributed by atoms with Crippen molar-refractivity contribution in [3.8, 4) is 11.1 Å². The van der Waals surface area contributed by atoms with Crippen molar-refractivity contribution in [1.82, 2.24) is 30.8 Å². The van der Waals surface area contributed by atoms with Crippen molar-refractivity contribution >= 4 is 23.8 Å². The summed E-state index contributed by atoms with van der Waals surface area (Å²) in [7, 11) is 1.81. The Bertz CT molecular complexity index is 1570. The van der Waals surface area contributed by atoms with Gasteiger partial charge >= 0.3 is 12.0 Å². The quantitative estimate of drug-likeness (QED) is 0.154. The maximum Gasteiger partial charge on any atom is 0.325 e. The van der Waals surface area contributed by atoms with E-state index in [0.717, 1.165) is 33.4 Å². The lowest BCUT2D eigenvalue weighted by Gasteiger charge is -2.36. The average molecular weight is 633 g/mol. The van der Waals surface area contributed by atoms with E-state index in [-0.39, 0.29) is 32.0 Å². The number of hydrogen-bond acceptors (Lipinski definition) is 10. The number of tetrazole rings is 1. The van der Waals surface area contributed by atoms with Crippen LogP contribution in [0, 0.1) is 0 Å². The van der Waals surface area contributed by atoms with Gasteiger partial charge in [-0.2, -0.15) is 0 Å². The van der Waals surface area contributed by atoms with Crippen LogP contribution in [0.15, 0.2) is 78.0 Å². The van der Waals surface area contributed by atoms with E-state index in [2.05, 4.69) is 26.2 Å². The van der Waals surface area contributed by atoms with Gasteiger partial charge in [0.05, 0.1) is 25.4 Å². The molecule has 2 amide bonds. The molecule has 3 N–H and O–H groups in total. The van der Waals surface area contributed by atoms with Gasteiger partial charge in [0.15, 0.2) is 6.29 Å². The minimum atomic E-state index is -0.581. The first-order valence-electron chi connectivity index (χ1n) is 14.6. The minimum Gasteiger partial charge on any atom is -0.465 e. The number of amides is 2. The Labute approximate surface area is 265 Å². The van der Waals surface area contributed by atoms with Gasteiger partial charge in [0.1, 0.15) is 6.54 Å². The van der Waals surface area contributed by atoms with Crippen LogP contribution in [-0.4, -0.2) is 62.3 Å². The summed E-state index contributed by atoms with van der Waals surface area (Å²) in [5.41, 5.74) is 5.66. The van der Waals surface area contributed by atoms with Crippen LogP contribution in [0.5, 0.6) is 0 Å². The van der Waals surface area contributed by atoms with Crippen molar-refractivity contribution < 1.29 is 28.9 Å². The molecule has 0 spiro atoms. The fourth-order valence-corrected chi connectivity index (χ4v) is 5.70. The first kappa shape index (κ1) is 32.1. The molecular weight excluding hydrogens is 596 g/mol. The molecule has 1 fully saturated rings. The summed E-state index contributed by atoms with van der Waals surface area (Å²) >= 11 is 1.54. The number of thioether (sulfide) groups is 1. The topological polar surface area (TPSA) is 150 Å². The van der Waals surface area contributed by atoms with Crippen LogP contribution in [0.3, 0.4) is 0 Å². The Morgan fingerprint density at radius 3 is 2.49 bits per heavy atom. The molecule has 45 heavy (non-hydrogen) atoms. The first-order chi connectivity index (χ1) is 21.9. The van der Waals surface area contributed by atoms with Gasteiger partial charge < -0.3 is 30.0 Å². The maximum absolute atomic E-state index is 12.1. The molecule has 3 atom stereocenters. The lowest BCUT2D eigenvalue weighted by atomic mass is 9.99. The van der Waals surface area contributed by atoms with Crippen molar-refractivity contribution in [3.63, 3.8) is 0 Å². The molecule has 1 aliphatic heterocycles. The third-order valence-corrected chi connectivity index (χ3v) is 8.33. The van der Waals surface area contributed by atoms with Crippen LogP contribution in [0.25, 0.3) is 11.1 Å². The van der Waals surface area contributed by atoms with E-state index in [4.69, 9.17) is 14.2 Å². The molecule has 13 heteroatoms. The molecule has 1 aromatic heterocycles. The number of carbonyl (C=O) groups excluding carboxylic acids is 2. The molecule has 0 bridgehead atoms. The summed E-state index contributed by atoms with van der Waals surface area (Å²) in [6.07, 6.45) is -0.237. The Balaban J connectivity index is 1.25. The molecule has 4 aromatic rings. The van der Waals surface area contributed by atoms with Gasteiger partial charge in [-0.3, -0.25) is 4.79 Å². The van der Waals surface area contributed by atoms with E-state index in [1.807, 2.05) is 72.8 Å². The fraction of sp³-hybridized carbons (Fsp3) is 0.344. The van der Waals surface area contributed by atoms with Gasteiger partial charge in [-0.05, 0) is 51.2 Å². The number of aryl methyl sites for hydroxylation is 1. The zero-order valence-corrected chi connectivity index (χ0v) is 25.9. The predicted octanol–water partition coefficient (Wildman–Crippen LogP) is 4.07. The first-order valence-corrected chi connectivity index (χ1v) is 15.6. The molecule has 1 saturated heterocycles. The summed E-state index contributed by atoms with van der Waals surface area (Å²) in [5.74, 6) is 0.169. The van der Waals surface area contributed by atoms with Gasteiger partial charge in [0.25, 0.3) is 0 Å². The Kier molecular flexibility index (Phi) is 11.1. The minimum absolute atomic E-state index is 0.0131. The van der Waals surface area contributed by atoms with Crippen molar-refractivity contribution in [3.05, 3.63) is 95.1 Å². The molecule has 0 saturated carbocycles. The van der Waals surface area contributed by atoms with E-state index in [9.17, 15) is 14.7 Å². The highest BCUT2D eigenvalue weighted by molar-refractivity contribution is 7.99. The standard InChI is InChI=1S/C32H36N6O6S/c1-3-42-29(40)18-34-31(41)33-17-22-5-4-6-26(15-22)23-11-13-25(14-12-23)30-43-27(20-45-32-35-36-37-38(32)2)16-28(44-30)24-9-7-21(19-39)8-10-24/h4-15,27-28,30,39H,3,16-20H2,1-2H3,(H2,33,34,41). The van der Waals surface area contributed by atoms with E-state index in [1.165, 1.54) is 11.8 Å². The Morgan fingerprint density at radius 2 is 1.78 bits per heavy atom. The van der Waals surface area contributed by atoms with Crippen molar-refractivity contribution in [1.29, 1.82) is 0 Å². The Morgan fingerprint density at radius 1 is 1.00 bits per heavy atom. The highest BCUT2D eigenvalue weighted by Crippen LogP contribution is 2.39. The number of aliphatic hydroxyl groups excluding tert-OH is 1. The zero-order chi connectivity index (χ0) is 31.6. The second-order valence-electron chi connectivity index (χ2n) is 10.4. The molecule has 236 valence electrons. The lowest BCUT2D eigenvalue weighted by molar-refractivity contribution is -0.245. The number of nitrogens with zero attached hydrogens (tertiary/aromatic N) is 4. The van der Waals surface area contributed by atoms with Crippen LogP contribution in [0.4, 0.5) is 4.79 Å². The average Bonchev–Trinajstić information content (AvgIpc) is 3.50. The third-order valence-electron chi connectivity index (χ3n) is 7.19. The Hall–Kier alpha value is -4.30. The summed E-state index contributed by atoms with van der Waals surface area (Å²) in [4.78, 5) is 23.5. The summed E-state index contributed by atoms with van der Waals surface area (Å²) in [6, 6.07) is 23.3.